The zero-order valence-electron chi connectivity index (χ0n) is 12.7. The van der Waals surface area contributed by atoms with Crippen LogP contribution in [0.15, 0.2) is 48.0 Å². The van der Waals surface area contributed by atoms with E-state index >= 15 is 0 Å². The molecule has 0 amide bonds. The third-order valence-corrected chi connectivity index (χ3v) is 4.81. The highest BCUT2D eigenvalue weighted by Crippen LogP contribution is 2.25. The number of hydrogen-bond acceptors (Lipinski definition) is 4. The number of aromatic amines is 1. The van der Waals surface area contributed by atoms with E-state index in [4.69, 9.17) is 0 Å². The number of halogens is 1. The smallest absolute Gasteiger partial charge is 0.123 e. The molecule has 0 aliphatic rings. The summed E-state index contributed by atoms with van der Waals surface area (Å²) >= 11 is 1.54. The fourth-order valence-corrected chi connectivity index (χ4v) is 3.21. The maximum Gasteiger partial charge on any atom is 0.123 e. The molecule has 0 saturated heterocycles. The Bertz CT molecular complexity index is 751. The molecule has 1 aromatic carbocycles. The number of hydrogen-bond donors (Lipinski definition) is 3. The third-order valence-electron chi connectivity index (χ3n) is 3.69. The Labute approximate surface area is 138 Å². The van der Waals surface area contributed by atoms with Gasteiger partial charge < -0.3 is 10.4 Å². The van der Waals surface area contributed by atoms with Crippen molar-refractivity contribution in [1.29, 1.82) is 0 Å². The van der Waals surface area contributed by atoms with Crippen LogP contribution in [0.5, 0.6) is 0 Å². The monoisotopic (exact) mass is 331 g/mol. The van der Waals surface area contributed by atoms with Crippen molar-refractivity contribution in [2.24, 2.45) is 0 Å². The van der Waals surface area contributed by atoms with Crippen LogP contribution in [0.4, 0.5) is 4.39 Å². The quantitative estimate of drug-likeness (QED) is 0.650. The molecule has 3 rings (SSSR count). The molecule has 2 heterocycles. The van der Waals surface area contributed by atoms with Crippen LogP contribution >= 0.6 is 11.3 Å². The molecule has 0 aliphatic carbocycles. The predicted octanol–water partition coefficient (Wildman–Crippen LogP) is 3.27. The Balaban J connectivity index is 1.66. The highest BCUT2D eigenvalue weighted by molar-refractivity contribution is 7.10. The summed E-state index contributed by atoms with van der Waals surface area (Å²) < 4.78 is 13.0. The normalized spacial score (nSPS) is 13.9. The zero-order chi connectivity index (χ0) is 16.3. The lowest BCUT2D eigenvalue weighted by atomic mass is 10.0. The number of aliphatic hydroxyl groups is 1. The van der Waals surface area contributed by atoms with Crippen molar-refractivity contribution in [1.82, 2.24) is 15.5 Å². The Morgan fingerprint density at radius 1 is 1.30 bits per heavy atom. The van der Waals surface area contributed by atoms with Crippen LogP contribution < -0.4 is 5.32 Å². The molecule has 0 radical (unpaired) electrons. The van der Waals surface area contributed by atoms with E-state index in [0.29, 0.717) is 13.1 Å². The van der Waals surface area contributed by atoms with Crippen LogP contribution in [-0.2, 0) is 12.1 Å². The molecule has 1 unspecified atom stereocenters. The average molecular weight is 331 g/mol. The summed E-state index contributed by atoms with van der Waals surface area (Å²) in [6.45, 7) is 2.79. The van der Waals surface area contributed by atoms with Gasteiger partial charge in [-0.3, -0.25) is 5.10 Å². The summed E-state index contributed by atoms with van der Waals surface area (Å²) in [4.78, 5) is 0.927. The zero-order valence-corrected chi connectivity index (χ0v) is 13.5. The maximum absolute atomic E-state index is 13.0. The highest BCUT2D eigenvalue weighted by Gasteiger charge is 2.23. The molecule has 4 nitrogen and oxygen atoms in total. The van der Waals surface area contributed by atoms with Gasteiger partial charge in [-0.1, -0.05) is 6.07 Å². The summed E-state index contributed by atoms with van der Waals surface area (Å²) in [5.41, 5.74) is 1.80. The van der Waals surface area contributed by atoms with Crippen molar-refractivity contribution in [3.05, 3.63) is 64.2 Å². The van der Waals surface area contributed by atoms with Gasteiger partial charge in [-0.2, -0.15) is 5.10 Å². The van der Waals surface area contributed by atoms with E-state index in [2.05, 4.69) is 15.5 Å². The Hall–Kier alpha value is -2.02. The van der Waals surface area contributed by atoms with Gasteiger partial charge in [-0.05, 0) is 42.6 Å². The fourth-order valence-electron chi connectivity index (χ4n) is 2.42. The van der Waals surface area contributed by atoms with Crippen molar-refractivity contribution >= 4 is 11.3 Å². The lowest BCUT2D eigenvalue weighted by Crippen LogP contribution is -2.34. The van der Waals surface area contributed by atoms with Gasteiger partial charge >= 0.3 is 0 Å². The minimum absolute atomic E-state index is 0.264. The second-order valence-corrected chi connectivity index (χ2v) is 6.58. The SMILES string of the molecule is CC(O)(CNCc1cn[nH]c1-c1ccc(F)cc1)c1cccs1. The molecule has 6 heteroatoms. The van der Waals surface area contributed by atoms with Gasteiger partial charge in [0.15, 0.2) is 0 Å². The molecular formula is C17H18FN3OS. The molecule has 1 atom stereocenters. The van der Waals surface area contributed by atoms with Crippen molar-refractivity contribution in [2.75, 3.05) is 6.54 Å². The van der Waals surface area contributed by atoms with Crippen molar-refractivity contribution in [3.63, 3.8) is 0 Å². The lowest BCUT2D eigenvalue weighted by molar-refractivity contribution is 0.0604. The maximum atomic E-state index is 13.0. The summed E-state index contributed by atoms with van der Waals surface area (Å²) in [6.07, 6.45) is 1.74. The van der Waals surface area contributed by atoms with E-state index in [0.717, 1.165) is 21.7 Å². The van der Waals surface area contributed by atoms with Crippen LogP contribution in [0, 0.1) is 5.82 Å². The van der Waals surface area contributed by atoms with Crippen molar-refractivity contribution < 1.29 is 9.50 Å². The summed E-state index contributed by atoms with van der Waals surface area (Å²) in [6, 6.07) is 10.1. The van der Waals surface area contributed by atoms with Gasteiger partial charge in [0.05, 0.1) is 11.9 Å². The molecule has 0 saturated carbocycles. The van der Waals surface area contributed by atoms with Gasteiger partial charge in [-0.15, -0.1) is 11.3 Å². The summed E-state index contributed by atoms with van der Waals surface area (Å²) in [5, 5.41) is 22.7. The van der Waals surface area contributed by atoms with Crippen LogP contribution in [0.2, 0.25) is 0 Å². The van der Waals surface area contributed by atoms with Crippen LogP contribution in [-0.4, -0.2) is 21.8 Å². The molecule has 3 N–H and O–H groups in total. The largest absolute Gasteiger partial charge is 0.383 e. The van der Waals surface area contributed by atoms with Crippen LogP contribution in [0.3, 0.4) is 0 Å². The van der Waals surface area contributed by atoms with E-state index in [1.54, 1.807) is 25.3 Å². The summed E-state index contributed by atoms with van der Waals surface area (Å²) in [5.74, 6) is -0.264. The molecule has 23 heavy (non-hydrogen) atoms. The molecule has 120 valence electrons. The Morgan fingerprint density at radius 2 is 2.09 bits per heavy atom. The molecule has 0 spiro atoms. The van der Waals surface area contributed by atoms with Gasteiger partial charge in [0.25, 0.3) is 0 Å². The number of aromatic nitrogens is 2. The molecule has 0 fully saturated rings. The molecule has 0 aliphatic heterocycles. The number of nitrogens with one attached hydrogen (secondary N) is 2. The van der Waals surface area contributed by atoms with Gasteiger partial charge in [0, 0.05) is 29.1 Å². The van der Waals surface area contributed by atoms with E-state index < -0.39 is 5.60 Å². The predicted molar refractivity (Wildman–Crippen MR) is 89.6 cm³/mol. The number of thiophene rings is 1. The first-order valence-corrected chi connectivity index (χ1v) is 8.19. The van der Waals surface area contributed by atoms with Gasteiger partial charge in [0.2, 0.25) is 0 Å². The topological polar surface area (TPSA) is 60.9 Å². The number of H-pyrrole nitrogens is 1. The summed E-state index contributed by atoms with van der Waals surface area (Å²) in [7, 11) is 0. The van der Waals surface area contributed by atoms with Crippen molar-refractivity contribution in [2.45, 2.75) is 19.1 Å². The van der Waals surface area contributed by atoms with E-state index in [1.165, 1.54) is 23.5 Å². The average Bonchev–Trinajstić information content (AvgIpc) is 3.19. The third kappa shape index (κ3) is 3.67. The fraction of sp³-hybridized carbons (Fsp3) is 0.235. The minimum atomic E-state index is -0.909. The van der Waals surface area contributed by atoms with Crippen LogP contribution in [0.1, 0.15) is 17.4 Å². The first-order chi connectivity index (χ1) is 11.1. The van der Waals surface area contributed by atoms with E-state index in [1.807, 2.05) is 17.5 Å². The Morgan fingerprint density at radius 3 is 2.78 bits per heavy atom. The molecule has 2 aromatic heterocycles. The second kappa shape index (κ2) is 6.62. The second-order valence-electron chi connectivity index (χ2n) is 5.63. The van der Waals surface area contributed by atoms with Crippen LogP contribution in [0.25, 0.3) is 11.3 Å². The number of benzene rings is 1. The molecular weight excluding hydrogens is 313 g/mol. The first-order valence-electron chi connectivity index (χ1n) is 7.31. The van der Waals surface area contributed by atoms with E-state index in [-0.39, 0.29) is 5.82 Å². The standard InChI is InChI=1S/C17H18FN3OS/c1-17(22,15-3-2-8-23-15)11-19-9-13-10-20-21-16(13)12-4-6-14(18)7-5-12/h2-8,10,19,22H,9,11H2,1H3,(H,20,21). The molecule has 0 bridgehead atoms. The lowest BCUT2D eigenvalue weighted by Gasteiger charge is -2.22. The highest BCUT2D eigenvalue weighted by atomic mass is 32.1. The number of nitrogens with zero attached hydrogens (tertiary/aromatic N) is 1. The van der Waals surface area contributed by atoms with E-state index in [9.17, 15) is 9.50 Å². The Kier molecular flexibility index (Phi) is 4.56. The van der Waals surface area contributed by atoms with Crippen molar-refractivity contribution in [3.8, 4) is 11.3 Å². The molecule has 3 aromatic rings. The first kappa shape index (κ1) is 15.9. The van der Waals surface area contributed by atoms with Gasteiger partial charge in [0.1, 0.15) is 11.4 Å². The number of rotatable bonds is 6. The van der Waals surface area contributed by atoms with Gasteiger partial charge in [-0.25, -0.2) is 4.39 Å². The minimum Gasteiger partial charge on any atom is -0.383 e.